The van der Waals surface area contributed by atoms with Crippen molar-refractivity contribution in [3.8, 4) is 6.07 Å². The fourth-order valence-corrected chi connectivity index (χ4v) is 3.74. The minimum Gasteiger partial charge on any atom is -0.366 e. The Labute approximate surface area is 146 Å². The molecule has 0 aliphatic carbocycles. The summed E-state index contributed by atoms with van der Waals surface area (Å²) in [5, 5.41) is 8.82. The van der Waals surface area contributed by atoms with E-state index in [0.717, 1.165) is 6.26 Å². The SMILES string of the molecule is CS(=O)(=O)c1cccnc1N1CCN(c2ccc(C#N)cc2F)CC1. The van der Waals surface area contributed by atoms with E-state index in [9.17, 15) is 12.8 Å². The van der Waals surface area contributed by atoms with E-state index in [2.05, 4.69) is 4.98 Å². The molecule has 0 radical (unpaired) electrons. The van der Waals surface area contributed by atoms with Gasteiger partial charge in [0.2, 0.25) is 0 Å². The first-order valence-corrected chi connectivity index (χ1v) is 9.64. The van der Waals surface area contributed by atoms with Crippen molar-refractivity contribution in [1.82, 2.24) is 4.98 Å². The normalized spacial score (nSPS) is 15.1. The number of rotatable bonds is 3. The van der Waals surface area contributed by atoms with Crippen LogP contribution in [0.5, 0.6) is 0 Å². The zero-order valence-corrected chi connectivity index (χ0v) is 14.5. The van der Waals surface area contributed by atoms with Crippen LogP contribution in [0.1, 0.15) is 5.56 Å². The highest BCUT2D eigenvalue weighted by Crippen LogP contribution is 2.26. The molecule has 8 heteroatoms. The molecule has 1 saturated heterocycles. The van der Waals surface area contributed by atoms with Crippen molar-refractivity contribution in [1.29, 1.82) is 5.26 Å². The first-order valence-electron chi connectivity index (χ1n) is 7.75. The maximum atomic E-state index is 14.2. The quantitative estimate of drug-likeness (QED) is 0.831. The topological polar surface area (TPSA) is 77.3 Å². The molecule has 25 heavy (non-hydrogen) atoms. The molecular weight excluding hydrogens is 343 g/mol. The highest BCUT2D eigenvalue weighted by Gasteiger charge is 2.24. The van der Waals surface area contributed by atoms with Crippen LogP contribution in [0.15, 0.2) is 41.4 Å². The lowest BCUT2D eigenvalue weighted by Gasteiger charge is -2.37. The average Bonchev–Trinajstić information content (AvgIpc) is 2.61. The second kappa shape index (κ2) is 6.69. The van der Waals surface area contributed by atoms with Gasteiger partial charge in [-0.25, -0.2) is 17.8 Å². The number of anilines is 2. The van der Waals surface area contributed by atoms with E-state index in [-0.39, 0.29) is 10.5 Å². The molecule has 0 saturated carbocycles. The second-order valence-electron chi connectivity index (χ2n) is 5.85. The summed E-state index contributed by atoms with van der Waals surface area (Å²) in [5.41, 5.74) is 0.731. The fraction of sp³-hybridized carbons (Fsp3) is 0.294. The second-order valence-corrected chi connectivity index (χ2v) is 7.83. The third-order valence-corrected chi connectivity index (χ3v) is 5.26. The minimum absolute atomic E-state index is 0.202. The van der Waals surface area contributed by atoms with Gasteiger partial charge in [0.1, 0.15) is 16.5 Å². The van der Waals surface area contributed by atoms with Crippen molar-refractivity contribution in [3.05, 3.63) is 47.9 Å². The molecule has 2 aromatic rings. The molecule has 0 amide bonds. The number of benzene rings is 1. The Balaban J connectivity index is 1.79. The van der Waals surface area contributed by atoms with Crippen molar-refractivity contribution in [2.75, 3.05) is 42.2 Å². The Morgan fingerprint density at radius 2 is 1.84 bits per heavy atom. The van der Waals surface area contributed by atoms with E-state index >= 15 is 0 Å². The molecule has 1 aliphatic heterocycles. The largest absolute Gasteiger partial charge is 0.366 e. The number of halogens is 1. The van der Waals surface area contributed by atoms with Crippen LogP contribution in [-0.4, -0.2) is 45.8 Å². The third-order valence-electron chi connectivity index (χ3n) is 4.15. The Morgan fingerprint density at radius 3 is 2.44 bits per heavy atom. The number of pyridine rings is 1. The molecule has 130 valence electrons. The highest BCUT2D eigenvalue weighted by molar-refractivity contribution is 7.90. The van der Waals surface area contributed by atoms with E-state index in [1.807, 2.05) is 15.9 Å². The Morgan fingerprint density at radius 1 is 1.16 bits per heavy atom. The predicted molar refractivity (Wildman–Crippen MR) is 92.9 cm³/mol. The van der Waals surface area contributed by atoms with E-state index in [1.165, 1.54) is 6.07 Å². The third kappa shape index (κ3) is 3.56. The van der Waals surface area contributed by atoms with Crippen molar-refractivity contribution < 1.29 is 12.8 Å². The summed E-state index contributed by atoms with van der Waals surface area (Å²) >= 11 is 0. The lowest BCUT2D eigenvalue weighted by Crippen LogP contribution is -2.47. The molecule has 3 rings (SSSR count). The molecule has 6 nitrogen and oxygen atoms in total. The lowest BCUT2D eigenvalue weighted by molar-refractivity contribution is 0.590. The van der Waals surface area contributed by atoms with Gasteiger partial charge in [-0.15, -0.1) is 0 Å². The molecule has 0 unspecified atom stereocenters. The van der Waals surface area contributed by atoms with Gasteiger partial charge in [0, 0.05) is 38.6 Å². The summed E-state index contributed by atoms with van der Waals surface area (Å²) in [4.78, 5) is 8.21. The summed E-state index contributed by atoms with van der Waals surface area (Å²) in [6.45, 7) is 2.11. The number of nitrogens with zero attached hydrogens (tertiary/aromatic N) is 4. The maximum absolute atomic E-state index is 14.2. The van der Waals surface area contributed by atoms with E-state index < -0.39 is 15.7 Å². The van der Waals surface area contributed by atoms with Gasteiger partial charge in [-0.3, -0.25) is 0 Å². The molecule has 1 aliphatic rings. The van der Waals surface area contributed by atoms with E-state index in [4.69, 9.17) is 5.26 Å². The minimum atomic E-state index is -3.37. The molecule has 0 N–H and O–H groups in total. The van der Waals surface area contributed by atoms with E-state index in [0.29, 0.717) is 37.7 Å². The van der Waals surface area contributed by atoms with Crippen molar-refractivity contribution in [3.63, 3.8) is 0 Å². The van der Waals surface area contributed by atoms with Crippen LogP contribution in [-0.2, 0) is 9.84 Å². The molecule has 0 atom stereocenters. The maximum Gasteiger partial charge on any atom is 0.179 e. The van der Waals surface area contributed by atoms with Gasteiger partial charge in [0.05, 0.1) is 17.3 Å². The molecule has 1 fully saturated rings. The first-order chi connectivity index (χ1) is 11.9. The Kier molecular flexibility index (Phi) is 4.59. The summed E-state index contributed by atoms with van der Waals surface area (Å²) in [6, 6.07) is 9.48. The van der Waals surface area contributed by atoms with Crippen LogP contribution >= 0.6 is 0 Å². The smallest absolute Gasteiger partial charge is 0.179 e. The first kappa shape index (κ1) is 17.2. The van der Waals surface area contributed by atoms with Crippen LogP contribution in [0.2, 0.25) is 0 Å². The zero-order chi connectivity index (χ0) is 18.0. The number of hydrogen-bond acceptors (Lipinski definition) is 6. The van der Waals surface area contributed by atoms with Gasteiger partial charge in [-0.1, -0.05) is 0 Å². The van der Waals surface area contributed by atoms with Gasteiger partial charge in [0.15, 0.2) is 9.84 Å². The Bertz CT molecular complexity index is 932. The summed E-state index contributed by atoms with van der Waals surface area (Å²) in [7, 11) is -3.37. The van der Waals surface area contributed by atoms with Crippen LogP contribution in [0.3, 0.4) is 0 Å². The van der Waals surface area contributed by atoms with Crippen LogP contribution in [0, 0.1) is 17.1 Å². The van der Waals surface area contributed by atoms with Crippen molar-refractivity contribution in [2.24, 2.45) is 0 Å². The van der Waals surface area contributed by atoms with Crippen LogP contribution in [0.25, 0.3) is 0 Å². The molecule has 0 spiro atoms. The lowest BCUT2D eigenvalue weighted by atomic mass is 10.2. The van der Waals surface area contributed by atoms with Crippen molar-refractivity contribution in [2.45, 2.75) is 4.90 Å². The van der Waals surface area contributed by atoms with Gasteiger partial charge in [0.25, 0.3) is 0 Å². The standard InChI is InChI=1S/C17H17FN4O2S/c1-25(23,24)16-3-2-6-20-17(16)22-9-7-21(8-10-22)15-5-4-13(12-19)11-14(15)18/h2-6,11H,7-10H2,1H3. The zero-order valence-electron chi connectivity index (χ0n) is 13.7. The number of hydrogen-bond donors (Lipinski definition) is 0. The highest BCUT2D eigenvalue weighted by atomic mass is 32.2. The molecule has 2 heterocycles. The molecule has 1 aromatic heterocycles. The van der Waals surface area contributed by atoms with Crippen LogP contribution < -0.4 is 9.80 Å². The Hall–Kier alpha value is -2.66. The monoisotopic (exact) mass is 360 g/mol. The number of sulfone groups is 1. The number of piperazine rings is 1. The number of aromatic nitrogens is 1. The average molecular weight is 360 g/mol. The van der Waals surface area contributed by atoms with E-state index in [1.54, 1.807) is 30.5 Å². The predicted octanol–water partition coefficient (Wildman–Crippen LogP) is 1.82. The van der Waals surface area contributed by atoms with Crippen molar-refractivity contribution >= 4 is 21.3 Å². The summed E-state index contributed by atoms with van der Waals surface area (Å²) in [6.07, 6.45) is 2.73. The number of nitriles is 1. The molecule has 1 aromatic carbocycles. The van der Waals surface area contributed by atoms with Gasteiger partial charge >= 0.3 is 0 Å². The molecular formula is C17H17FN4O2S. The summed E-state index contributed by atoms with van der Waals surface area (Å²) in [5.74, 6) is 0.00658. The molecule has 0 bridgehead atoms. The van der Waals surface area contributed by atoms with Gasteiger partial charge in [-0.2, -0.15) is 5.26 Å². The summed E-state index contributed by atoms with van der Waals surface area (Å²) < 4.78 is 38.0. The van der Waals surface area contributed by atoms with Gasteiger partial charge in [-0.05, 0) is 30.3 Å². The van der Waals surface area contributed by atoms with Gasteiger partial charge < -0.3 is 9.80 Å². The van der Waals surface area contributed by atoms with Crippen LogP contribution in [0.4, 0.5) is 15.9 Å². The fourth-order valence-electron chi connectivity index (χ4n) is 2.90.